The fourth-order valence-corrected chi connectivity index (χ4v) is 0.973. The van der Waals surface area contributed by atoms with Gasteiger partial charge < -0.3 is 0 Å². The Bertz CT molecular complexity index is 262. The van der Waals surface area contributed by atoms with E-state index >= 15 is 0 Å². The third-order valence-corrected chi connectivity index (χ3v) is 1.96. The van der Waals surface area contributed by atoms with E-state index in [1.807, 2.05) is 20.8 Å². The highest BCUT2D eigenvalue weighted by atomic mass is 16.3. The van der Waals surface area contributed by atoms with Crippen LogP contribution in [0.4, 0.5) is 0 Å². The van der Waals surface area contributed by atoms with Gasteiger partial charge in [-0.2, -0.15) is 4.91 Å². The van der Waals surface area contributed by atoms with E-state index in [0.717, 1.165) is 0 Å². The molecule has 0 amide bonds. The van der Waals surface area contributed by atoms with E-state index in [2.05, 4.69) is 15.5 Å². The van der Waals surface area contributed by atoms with Gasteiger partial charge >= 0.3 is 0 Å². The lowest BCUT2D eigenvalue weighted by Crippen LogP contribution is -2.29. The fraction of sp³-hybridized carbons (Fsp3) is 0.750. The average molecular weight is 182 g/mol. The highest BCUT2D eigenvalue weighted by Crippen LogP contribution is 2.23. The van der Waals surface area contributed by atoms with Gasteiger partial charge in [-0.15, -0.1) is 5.10 Å². The number of nitroso groups, excluding NO2 is 1. The maximum Gasteiger partial charge on any atom is 0.116 e. The van der Waals surface area contributed by atoms with Crippen molar-refractivity contribution in [1.82, 2.24) is 15.0 Å². The topological polar surface area (TPSA) is 60.1 Å². The van der Waals surface area contributed by atoms with Crippen molar-refractivity contribution in [3.8, 4) is 0 Å². The zero-order valence-corrected chi connectivity index (χ0v) is 8.14. The first kappa shape index (κ1) is 9.83. The molecule has 5 heteroatoms. The van der Waals surface area contributed by atoms with Gasteiger partial charge in [0, 0.05) is 6.20 Å². The summed E-state index contributed by atoms with van der Waals surface area (Å²) in [4.78, 5) is 10.6. The molecule has 1 heterocycles. The van der Waals surface area contributed by atoms with Crippen molar-refractivity contribution in [2.24, 2.45) is 10.6 Å². The summed E-state index contributed by atoms with van der Waals surface area (Å²) in [6.07, 6.45) is 3.31. The van der Waals surface area contributed by atoms with Gasteiger partial charge in [-0.1, -0.05) is 31.2 Å². The molecular weight excluding hydrogens is 168 g/mol. The van der Waals surface area contributed by atoms with Gasteiger partial charge in [0.2, 0.25) is 0 Å². The molecule has 0 aliphatic heterocycles. The molecule has 1 aromatic rings. The van der Waals surface area contributed by atoms with Gasteiger partial charge in [0.1, 0.15) is 6.04 Å². The molecule has 0 aromatic carbocycles. The monoisotopic (exact) mass is 182 g/mol. The largest absolute Gasteiger partial charge is 0.250 e. The number of hydrogen-bond acceptors (Lipinski definition) is 4. The molecule has 0 bridgehead atoms. The predicted octanol–water partition coefficient (Wildman–Crippen LogP) is 1.46. The van der Waals surface area contributed by atoms with Gasteiger partial charge in [0.25, 0.3) is 0 Å². The maximum absolute atomic E-state index is 10.6. The molecule has 0 fully saturated rings. The zero-order valence-electron chi connectivity index (χ0n) is 8.14. The lowest BCUT2D eigenvalue weighted by molar-refractivity contribution is 0.282. The van der Waals surface area contributed by atoms with E-state index in [-0.39, 0.29) is 11.5 Å². The molecule has 1 aromatic heterocycles. The quantitative estimate of drug-likeness (QED) is 0.665. The molecule has 0 saturated heterocycles. The van der Waals surface area contributed by atoms with Crippen molar-refractivity contribution in [2.45, 2.75) is 33.4 Å². The van der Waals surface area contributed by atoms with Gasteiger partial charge in [-0.3, -0.25) is 4.68 Å². The molecule has 0 spiro atoms. The number of rotatable bonds is 3. The smallest absolute Gasteiger partial charge is 0.116 e. The summed E-state index contributed by atoms with van der Waals surface area (Å²) in [7, 11) is 0. The van der Waals surface area contributed by atoms with Gasteiger partial charge in [0.05, 0.1) is 12.7 Å². The summed E-state index contributed by atoms with van der Waals surface area (Å²) in [6.45, 7) is 6.44. The van der Waals surface area contributed by atoms with Crippen molar-refractivity contribution in [3.63, 3.8) is 0 Å². The summed E-state index contributed by atoms with van der Waals surface area (Å²) < 4.78 is 1.62. The van der Waals surface area contributed by atoms with E-state index in [1.54, 1.807) is 17.1 Å². The first-order valence-corrected chi connectivity index (χ1v) is 4.20. The fourth-order valence-electron chi connectivity index (χ4n) is 0.973. The third-order valence-electron chi connectivity index (χ3n) is 1.96. The Hall–Kier alpha value is -1.26. The minimum Gasteiger partial charge on any atom is -0.250 e. The first-order chi connectivity index (χ1) is 6.04. The van der Waals surface area contributed by atoms with Crippen LogP contribution in [0.15, 0.2) is 17.6 Å². The molecule has 72 valence electrons. The Labute approximate surface area is 77.1 Å². The van der Waals surface area contributed by atoms with Crippen LogP contribution in [0, 0.1) is 10.3 Å². The number of nitrogens with zero attached hydrogens (tertiary/aromatic N) is 4. The Morgan fingerprint density at radius 1 is 1.54 bits per heavy atom. The Morgan fingerprint density at radius 3 is 2.62 bits per heavy atom. The van der Waals surface area contributed by atoms with Crippen LogP contribution >= 0.6 is 0 Å². The van der Waals surface area contributed by atoms with Crippen molar-refractivity contribution >= 4 is 0 Å². The Morgan fingerprint density at radius 2 is 2.23 bits per heavy atom. The summed E-state index contributed by atoms with van der Waals surface area (Å²) in [5.41, 5.74) is -0.131. The van der Waals surface area contributed by atoms with Crippen LogP contribution in [0.1, 0.15) is 20.8 Å². The number of aromatic nitrogens is 3. The maximum atomic E-state index is 10.6. The molecular formula is C8H14N4O. The van der Waals surface area contributed by atoms with Crippen LogP contribution in [0.2, 0.25) is 0 Å². The van der Waals surface area contributed by atoms with Gasteiger partial charge in [-0.25, -0.2) is 0 Å². The summed E-state index contributed by atoms with van der Waals surface area (Å²) >= 11 is 0. The molecule has 0 aliphatic carbocycles. The molecule has 0 N–H and O–H groups in total. The van der Waals surface area contributed by atoms with E-state index in [1.165, 1.54) is 0 Å². The van der Waals surface area contributed by atoms with Crippen LogP contribution in [-0.2, 0) is 6.54 Å². The van der Waals surface area contributed by atoms with Crippen molar-refractivity contribution in [1.29, 1.82) is 0 Å². The SMILES string of the molecule is CC(C)(C)C(Cn1ccnn1)N=O. The van der Waals surface area contributed by atoms with Crippen LogP contribution in [0.25, 0.3) is 0 Å². The second-order valence-electron chi connectivity index (χ2n) is 4.11. The van der Waals surface area contributed by atoms with Crippen LogP contribution in [0.3, 0.4) is 0 Å². The second kappa shape index (κ2) is 3.64. The molecule has 1 unspecified atom stereocenters. The Balaban J connectivity index is 2.66. The molecule has 1 rings (SSSR count). The lowest BCUT2D eigenvalue weighted by Gasteiger charge is -2.23. The molecule has 1 atom stereocenters. The van der Waals surface area contributed by atoms with Crippen molar-refractivity contribution in [3.05, 3.63) is 17.3 Å². The standard InChI is InChI=1S/C8H14N4O/c1-8(2,3)7(10-13)6-12-5-4-9-11-12/h4-5,7H,6H2,1-3H3. The van der Waals surface area contributed by atoms with E-state index in [0.29, 0.717) is 6.54 Å². The Kier molecular flexibility index (Phi) is 2.75. The molecule has 5 nitrogen and oxygen atoms in total. The van der Waals surface area contributed by atoms with E-state index < -0.39 is 0 Å². The lowest BCUT2D eigenvalue weighted by atomic mass is 9.87. The van der Waals surface area contributed by atoms with Crippen molar-refractivity contribution < 1.29 is 0 Å². The van der Waals surface area contributed by atoms with Gasteiger partial charge in [0.15, 0.2) is 0 Å². The average Bonchev–Trinajstić information content (AvgIpc) is 2.49. The minimum absolute atomic E-state index is 0.131. The third kappa shape index (κ3) is 2.61. The highest BCUT2D eigenvalue weighted by Gasteiger charge is 2.26. The minimum atomic E-state index is -0.269. The van der Waals surface area contributed by atoms with E-state index in [9.17, 15) is 4.91 Å². The highest BCUT2D eigenvalue weighted by molar-refractivity contribution is 4.80. The summed E-state index contributed by atoms with van der Waals surface area (Å²) in [6, 6.07) is -0.269. The molecule has 0 radical (unpaired) electrons. The summed E-state index contributed by atoms with van der Waals surface area (Å²) in [5.74, 6) is 0. The molecule has 13 heavy (non-hydrogen) atoms. The van der Waals surface area contributed by atoms with E-state index in [4.69, 9.17) is 0 Å². The van der Waals surface area contributed by atoms with Gasteiger partial charge in [-0.05, 0) is 5.41 Å². The van der Waals surface area contributed by atoms with Crippen LogP contribution in [-0.4, -0.2) is 21.0 Å². The molecule has 0 saturated carbocycles. The first-order valence-electron chi connectivity index (χ1n) is 4.20. The van der Waals surface area contributed by atoms with Crippen molar-refractivity contribution in [2.75, 3.05) is 0 Å². The zero-order chi connectivity index (χ0) is 9.90. The predicted molar refractivity (Wildman–Crippen MR) is 49.1 cm³/mol. The number of hydrogen-bond donors (Lipinski definition) is 0. The molecule has 0 aliphatic rings. The normalized spacial score (nSPS) is 14.1. The van der Waals surface area contributed by atoms with Crippen LogP contribution in [0.5, 0.6) is 0 Å². The second-order valence-corrected chi connectivity index (χ2v) is 4.11. The van der Waals surface area contributed by atoms with Crippen LogP contribution < -0.4 is 0 Å². The summed E-state index contributed by atoms with van der Waals surface area (Å²) in [5, 5.41) is 10.5.